The molecule has 1 amide bonds. The molecule has 0 radical (unpaired) electrons. The molecular weight excluding hydrogens is 378 g/mol. The second-order valence-electron chi connectivity index (χ2n) is 5.02. The molecule has 0 aliphatic carbocycles. The van der Waals surface area contributed by atoms with E-state index < -0.39 is 0 Å². The van der Waals surface area contributed by atoms with E-state index in [0.717, 1.165) is 10.9 Å². The van der Waals surface area contributed by atoms with E-state index in [4.69, 9.17) is 0 Å². The number of hydrogen-bond acceptors (Lipinski definition) is 4. The third-order valence-corrected chi connectivity index (χ3v) is 4.80. The summed E-state index contributed by atoms with van der Waals surface area (Å²) in [5.74, 6) is -0.195. The monoisotopic (exact) mass is 391 g/mol. The Kier molecular flexibility index (Phi) is 4.88. The lowest BCUT2D eigenvalue weighted by Crippen LogP contribution is -2.33. The van der Waals surface area contributed by atoms with Crippen LogP contribution < -0.4 is 10.9 Å². The third-order valence-electron chi connectivity index (χ3n) is 3.37. The normalized spacial score (nSPS) is 10.8. The first-order valence-corrected chi connectivity index (χ1v) is 8.74. The van der Waals surface area contributed by atoms with E-state index in [0.29, 0.717) is 17.4 Å². The summed E-state index contributed by atoms with van der Waals surface area (Å²) in [6.45, 7) is 0.527. The van der Waals surface area contributed by atoms with Crippen LogP contribution in [-0.2, 0) is 17.8 Å². The van der Waals surface area contributed by atoms with Gasteiger partial charge in [-0.25, -0.2) is 4.98 Å². The number of benzene rings is 1. The summed E-state index contributed by atoms with van der Waals surface area (Å²) < 4.78 is 2.14. The van der Waals surface area contributed by atoms with Gasteiger partial charge >= 0.3 is 0 Å². The number of rotatable bonds is 5. The summed E-state index contributed by atoms with van der Waals surface area (Å²) >= 11 is 5.00. The van der Waals surface area contributed by atoms with Gasteiger partial charge in [-0.2, -0.15) is 0 Å². The highest BCUT2D eigenvalue weighted by Gasteiger charge is 2.08. The number of halogens is 1. The molecule has 0 aliphatic heterocycles. The molecule has 0 unspecified atom stereocenters. The summed E-state index contributed by atoms with van der Waals surface area (Å²) in [4.78, 5) is 29.8. The van der Waals surface area contributed by atoms with Gasteiger partial charge in [0.1, 0.15) is 6.54 Å². The van der Waals surface area contributed by atoms with Crippen LogP contribution >= 0.6 is 27.3 Å². The summed E-state index contributed by atoms with van der Waals surface area (Å²) in [5, 5.41) is 5.33. The van der Waals surface area contributed by atoms with Gasteiger partial charge in [0.15, 0.2) is 0 Å². The first-order valence-electron chi connectivity index (χ1n) is 7.07. The van der Waals surface area contributed by atoms with Gasteiger partial charge in [0, 0.05) is 15.9 Å². The predicted molar refractivity (Wildman–Crippen MR) is 94.7 cm³/mol. The highest BCUT2D eigenvalue weighted by atomic mass is 79.9. The van der Waals surface area contributed by atoms with Crippen molar-refractivity contribution in [3.05, 3.63) is 61.7 Å². The number of carbonyl (C=O) groups is 1. The van der Waals surface area contributed by atoms with Crippen LogP contribution in [0.25, 0.3) is 10.9 Å². The van der Waals surface area contributed by atoms with Crippen LogP contribution in [0.15, 0.2) is 51.3 Å². The highest BCUT2D eigenvalue weighted by Crippen LogP contribution is 2.14. The van der Waals surface area contributed by atoms with E-state index in [1.165, 1.54) is 15.8 Å². The molecule has 0 fully saturated rings. The van der Waals surface area contributed by atoms with Gasteiger partial charge in [-0.3, -0.25) is 14.2 Å². The molecule has 2 aromatic heterocycles. The molecule has 0 saturated carbocycles. The van der Waals surface area contributed by atoms with E-state index in [1.54, 1.807) is 23.5 Å². The number of amides is 1. The van der Waals surface area contributed by atoms with Gasteiger partial charge < -0.3 is 5.32 Å². The fraction of sp³-hybridized carbons (Fsp3) is 0.188. The van der Waals surface area contributed by atoms with Crippen LogP contribution in [0.3, 0.4) is 0 Å². The fourth-order valence-corrected chi connectivity index (χ4v) is 3.30. The van der Waals surface area contributed by atoms with Crippen LogP contribution in [0.2, 0.25) is 0 Å². The lowest BCUT2D eigenvalue weighted by atomic mass is 10.2. The number of carbonyl (C=O) groups excluding carboxylic acids is 1. The van der Waals surface area contributed by atoms with E-state index in [-0.39, 0.29) is 18.0 Å². The van der Waals surface area contributed by atoms with Gasteiger partial charge in [-0.15, -0.1) is 11.3 Å². The summed E-state index contributed by atoms with van der Waals surface area (Å²) in [7, 11) is 0. The summed E-state index contributed by atoms with van der Waals surface area (Å²) in [5.41, 5.74) is 0.400. The minimum absolute atomic E-state index is 0.0290. The van der Waals surface area contributed by atoms with Crippen molar-refractivity contribution in [3.8, 4) is 0 Å². The van der Waals surface area contributed by atoms with Crippen molar-refractivity contribution >= 4 is 44.1 Å². The Morgan fingerprint density at radius 3 is 3.00 bits per heavy atom. The van der Waals surface area contributed by atoms with Crippen molar-refractivity contribution < 1.29 is 4.79 Å². The number of nitrogens with zero attached hydrogens (tertiary/aromatic N) is 2. The number of thiophene rings is 1. The Balaban J connectivity index is 1.67. The largest absolute Gasteiger partial charge is 0.354 e. The molecule has 118 valence electrons. The zero-order chi connectivity index (χ0) is 16.2. The van der Waals surface area contributed by atoms with Crippen molar-refractivity contribution in [2.75, 3.05) is 6.54 Å². The molecule has 0 saturated heterocycles. The van der Waals surface area contributed by atoms with E-state index in [2.05, 4.69) is 26.2 Å². The predicted octanol–water partition coefficient (Wildman–Crippen LogP) is 2.58. The molecule has 3 aromatic rings. The topological polar surface area (TPSA) is 64.0 Å². The Labute approximate surface area is 145 Å². The van der Waals surface area contributed by atoms with Crippen molar-refractivity contribution in [2.24, 2.45) is 0 Å². The van der Waals surface area contributed by atoms with Crippen molar-refractivity contribution in [1.82, 2.24) is 14.9 Å². The SMILES string of the molecule is O=C(Cn1cnc2ccc(Br)cc2c1=O)NCCc1cccs1. The molecule has 5 nitrogen and oxygen atoms in total. The molecule has 0 atom stereocenters. The number of fused-ring (bicyclic) bond motifs is 1. The second kappa shape index (κ2) is 7.06. The highest BCUT2D eigenvalue weighted by molar-refractivity contribution is 9.10. The molecule has 3 rings (SSSR count). The average Bonchev–Trinajstić information content (AvgIpc) is 3.04. The Hall–Kier alpha value is -1.99. The standard InChI is InChI=1S/C16H14BrN3O2S/c17-11-3-4-14-13(8-11)16(22)20(10-19-14)9-15(21)18-6-5-12-2-1-7-23-12/h1-4,7-8,10H,5-6,9H2,(H,18,21). The lowest BCUT2D eigenvalue weighted by Gasteiger charge is -2.08. The van der Waals surface area contributed by atoms with Gasteiger partial charge in [0.25, 0.3) is 5.56 Å². The Bertz CT molecular complexity index is 890. The zero-order valence-corrected chi connectivity index (χ0v) is 14.6. The maximum Gasteiger partial charge on any atom is 0.261 e. The lowest BCUT2D eigenvalue weighted by molar-refractivity contribution is -0.121. The van der Waals surface area contributed by atoms with Gasteiger partial charge in [-0.1, -0.05) is 22.0 Å². The van der Waals surface area contributed by atoms with Crippen LogP contribution in [0, 0.1) is 0 Å². The fourth-order valence-electron chi connectivity index (χ4n) is 2.23. The maximum atomic E-state index is 12.4. The molecule has 7 heteroatoms. The number of hydrogen-bond donors (Lipinski definition) is 1. The number of aromatic nitrogens is 2. The molecule has 2 heterocycles. The van der Waals surface area contributed by atoms with Gasteiger partial charge in [-0.05, 0) is 36.1 Å². The quantitative estimate of drug-likeness (QED) is 0.726. The molecule has 1 aromatic carbocycles. The van der Waals surface area contributed by atoms with E-state index in [9.17, 15) is 9.59 Å². The van der Waals surface area contributed by atoms with E-state index >= 15 is 0 Å². The van der Waals surface area contributed by atoms with Crippen LogP contribution in [-0.4, -0.2) is 22.0 Å². The van der Waals surface area contributed by atoms with E-state index in [1.807, 2.05) is 23.6 Å². The molecule has 0 spiro atoms. The molecular formula is C16H14BrN3O2S. The average molecular weight is 392 g/mol. The zero-order valence-electron chi connectivity index (χ0n) is 12.2. The summed E-state index contributed by atoms with van der Waals surface area (Å²) in [6, 6.07) is 9.34. The van der Waals surface area contributed by atoms with Crippen LogP contribution in [0.1, 0.15) is 4.88 Å². The minimum Gasteiger partial charge on any atom is -0.354 e. The summed E-state index contributed by atoms with van der Waals surface area (Å²) in [6.07, 6.45) is 2.21. The molecule has 0 aliphatic rings. The third kappa shape index (κ3) is 3.86. The maximum absolute atomic E-state index is 12.4. The van der Waals surface area contributed by atoms with Crippen molar-refractivity contribution in [2.45, 2.75) is 13.0 Å². The number of nitrogens with one attached hydrogen (secondary N) is 1. The first-order chi connectivity index (χ1) is 11.1. The smallest absolute Gasteiger partial charge is 0.261 e. The molecule has 0 bridgehead atoms. The van der Waals surface area contributed by atoms with Crippen molar-refractivity contribution in [3.63, 3.8) is 0 Å². The second-order valence-corrected chi connectivity index (χ2v) is 6.97. The Morgan fingerprint density at radius 2 is 2.22 bits per heavy atom. The minimum atomic E-state index is -0.218. The van der Waals surface area contributed by atoms with Gasteiger partial charge in [0.2, 0.25) is 5.91 Å². The van der Waals surface area contributed by atoms with Crippen LogP contribution in [0.4, 0.5) is 0 Å². The Morgan fingerprint density at radius 1 is 1.35 bits per heavy atom. The molecule has 23 heavy (non-hydrogen) atoms. The first kappa shape index (κ1) is 15.9. The van der Waals surface area contributed by atoms with Crippen molar-refractivity contribution in [1.29, 1.82) is 0 Å². The van der Waals surface area contributed by atoms with Gasteiger partial charge in [0.05, 0.1) is 17.2 Å². The molecule has 1 N–H and O–H groups in total. The van der Waals surface area contributed by atoms with Crippen LogP contribution in [0.5, 0.6) is 0 Å².